The number of carbonyl (C=O) groups excluding carboxylic acids is 1. The number of esters is 1. The summed E-state index contributed by atoms with van der Waals surface area (Å²) in [4.78, 5) is 11.7. The van der Waals surface area contributed by atoms with E-state index < -0.39 is 45.4 Å². The van der Waals surface area contributed by atoms with Crippen LogP contribution >= 0.6 is 31.9 Å². The van der Waals surface area contributed by atoms with Gasteiger partial charge in [0.2, 0.25) is 6.10 Å². The third-order valence-corrected chi connectivity index (χ3v) is 4.01. The number of hydrogen-bond acceptors (Lipinski definition) is 5. The number of phenolic OH excluding ortho intramolecular Hbond substituents is 1. The van der Waals surface area contributed by atoms with E-state index in [0.29, 0.717) is 0 Å². The largest absolute Gasteiger partial charge is 0.506 e. The first-order valence-electron chi connectivity index (χ1n) is 5.22. The van der Waals surface area contributed by atoms with Crippen molar-refractivity contribution >= 4 is 47.9 Å². The number of phenols is 1. The van der Waals surface area contributed by atoms with E-state index in [2.05, 4.69) is 36.6 Å². The van der Waals surface area contributed by atoms with E-state index >= 15 is 0 Å². The van der Waals surface area contributed by atoms with Crippen LogP contribution in [0, 0.1) is 0 Å². The van der Waals surface area contributed by atoms with E-state index in [9.17, 15) is 31.5 Å². The predicted molar refractivity (Wildman–Crippen MR) is 75.2 cm³/mol. The molecule has 0 bridgehead atoms. The Morgan fingerprint density at radius 1 is 1.32 bits per heavy atom. The molecule has 0 fully saturated rings. The van der Waals surface area contributed by atoms with Crippen LogP contribution < -0.4 is 0 Å². The number of ether oxygens (including phenoxy) is 1. The van der Waals surface area contributed by atoms with Crippen LogP contribution in [0.25, 0.3) is 0 Å². The highest BCUT2D eigenvalue weighted by Gasteiger charge is 2.45. The van der Waals surface area contributed by atoms with Crippen LogP contribution in [0.15, 0.2) is 21.1 Å². The molecule has 1 rings (SSSR count). The highest BCUT2D eigenvalue weighted by molar-refractivity contribution is 9.11. The van der Waals surface area contributed by atoms with Crippen molar-refractivity contribution in [1.29, 1.82) is 0 Å². The van der Waals surface area contributed by atoms with Crippen molar-refractivity contribution in [3.8, 4) is 5.75 Å². The highest BCUT2D eigenvalue weighted by Crippen LogP contribution is 2.33. The van der Waals surface area contributed by atoms with Gasteiger partial charge in [-0.3, -0.25) is 4.55 Å². The fourth-order valence-corrected chi connectivity index (χ4v) is 3.17. The molecule has 0 aromatic heterocycles. The van der Waals surface area contributed by atoms with E-state index in [1.807, 2.05) is 0 Å². The monoisotopic (exact) mass is 470 g/mol. The van der Waals surface area contributed by atoms with E-state index in [1.165, 1.54) is 6.07 Å². The molecule has 124 valence electrons. The van der Waals surface area contributed by atoms with Crippen molar-refractivity contribution in [2.24, 2.45) is 0 Å². The van der Waals surface area contributed by atoms with Crippen LogP contribution in [0.3, 0.4) is 0 Å². The van der Waals surface area contributed by atoms with Crippen LogP contribution in [-0.2, 0) is 14.9 Å². The molecule has 0 saturated carbocycles. The molecular weight excluding hydrogens is 465 g/mol. The number of halogens is 5. The molecule has 1 aromatic carbocycles. The van der Waals surface area contributed by atoms with Gasteiger partial charge in [0.1, 0.15) is 17.1 Å². The van der Waals surface area contributed by atoms with Gasteiger partial charge in [0.05, 0.1) is 4.47 Å². The number of rotatable bonds is 4. The normalized spacial score (nSPS) is 13.7. The number of aromatic hydroxyl groups is 1. The van der Waals surface area contributed by atoms with Crippen LogP contribution in [0.1, 0.15) is 10.4 Å². The molecule has 1 aromatic rings. The highest BCUT2D eigenvalue weighted by atomic mass is 79.9. The first-order valence-corrected chi connectivity index (χ1v) is 8.41. The maximum absolute atomic E-state index is 12.7. The van der Waals surface area contributed by atoms with Crippen LogP contribution in [0.2, 0.25) is 0 Å². The summed E-state index contributed by atoms with van der Waals surface area (Å²) < 4.78 is 71.9. The first kappa shape index (κ1) is 19.2. The second-order valence-corrected chi connectivity index (χ2v) is 7.24. The lowest BCUT2D eigenvalue weighted by atomic mass is 10.2. The van der Waals surface area contributed by atoms with Gasteiger partial charge in [-0.25, -0.2) is 4.79 Å². The molecule has 2 N–H and O–H groups in total. The Bertz CT molecular complexity index is 689. The Hall–Kier alpha value is -0.850. The topological polar surface area (TPSA) is 101 Å². The summed E-state index contributed by atoms with van der Waals surface area (Å²) in [6.45, 7) is 0. The SMILES string of the molecule is O=C(OC(CS(=O)(=O)O)C(F)(F)F)c1cc(Br)cc(Br)c1O. The third kappa shape index (κ3) is 5.41. The molecule has 1 atom stereocenters. The Morgan fingerprint density at radius 3 is 2.32 bits per heavy atom. The molecule has 0 spiro atoms. The van der Waals surface area contributed by atoms with Gasteiger partial charge in [0, 0.05) is 4.47 Å². The average molecular weight is 472 g/mol. The minimum Gasteiger partial charge on any atom is -0.506 e. The summed E-state index contributed by atoms with van der Waals surface area (Å²) in [5, 5.41) is 9.62. The zero-order valence-corrected chi connectivity index (χ0v) is 14.3. The van der Waals surface area contributed by atoms with Crippen molar-refractivity contribution < 1.29 is 40.8 Å². The lowest BCUT2D eigenvalue weighted by molar-refractivity contribution is -0.197. The predicted octanol–water partition coefficient (Wildman–Crippen LogP) is 2.89. The van der Waals surface area contributed by atoms with Crippen LogP contribution in [0.4, 0.5) is 13.2 Å². The summed E-state index contributed by atoms with van der Waals surface area (Å²) >= 11 is 5.84. The smallest absolute Gasteiger partial charge is 0.426 e. The molecule has 1 unspecified atom stereocenters. The molecule has 0 amide bonds. The van der Waals surface area contributed by atoms with Crippen molar-refractivity contribution in [3.05, 3.63) is 26.6 Å². The molecule has 0 aliphatic carbocycles. The molecular formula is C10H7Br2F3O6S. The number of alkyl halides is 3. The van der Waals surface area contributed by atoms with Crippen LogP contribution in [-0.4, -0.2) is 42.1 Å². The summed E-state index contributed by atoms with van der Waals surface area (Å²) in [6, 6.07) is 2.31. The maximum Gasteiger partial charge on any atom is 0.426 e. The number of benzene rings is 1. The molecule has 22 heavy (non-hydrogen) atoms. The van der Waals surface area contributed by atoms with Gasteiger partial charge in [0.15, 0.2) is 0 Å². The quantitative estimate of drug-likeness (QED) is 0.517. The zero-order chi connectivity index (χ0) is 17.3. The van der Waals surface area contributed by atoms with Gasteiger partial charge in [-0.05, 0) is 28.1 Å². The second-order valence-electron chi connectivity index (χ2n) is 3.97. The summed E-state index contributed by atoms with van der Waals surface area (Å²) in [5.74, 6) is -4.13. The Morgan fingerprint density at radius 2 is 1.86 bits per heavy atom. The second kappa shape index (κ2) is 6.72. The van der Waals surface area contributed by atoms with E-state index in [4.69, 9.17) is 4.55 Å². The van der Waals surface area contributed by atoms with Gasteiger partial charge in [0.25, 0.3) is 10.1 Å². The van der Waals surface area contributed by atoms with Gasteiger partial charge < -0.3 is 9.84 Å². The van der Waals surface area contributed by atoms with Crippen molar-refractivity contribution in [2.75, 3.05) is 5.75 Å². The van der Waals surface area contributed by atoms with E-state index in [-0.39, 0.29) is 8.95 Å². The van der Waals surface area contributed by atoms with Crippen molar-refractivity contribution in [2.45, 2.75) is 12.3 Å². The molecule has 0 aliphatic rings. The van der Waals surface area contributed by atoms with Crippen LogP contribution in [0.5, 0.6) is 5.75 Å². The Labute approximate surface area is 139 Å². The van der Waals surface area contributed by atoms with E-state index in [0.717, 1.165) is 6.07 Å². The summed E-state index contributed by atoms with van der Waals surface area (Å²) in [7, 11) is -5.04. The zero-order valence-electron chi connectivity index (χ0n) is 10.3. The lowest BCUT2D eigenvalue weighted by Gasteiger charge is -2.19. The van der Waals surface area contributed by atoms with Gasteiger partial charge in [-0.1, -0.05) is 15.9 Å². The lowest BCUT2D eigenvalue weighted by Crippen LogP contribution is -2.39. The Balaban J connectivity index is 3.12. The first-order chi connectivity index (χ1) is 9.81. The van der Waals surface area contributed by atoms with Gasteiger partial charge in [-0.15, -0.1) is 0 Å². The summed E-state index contributed by atoms with van der Waals surface area (Å²) in [5.41, 5.74) is -0.620. The maximum atomic E-state index is 12.7. The van der Waals surface area contributed by atoms with Crippen molar-refractivity contribution in [1.82, 2.24) is 0 Å². The number of carbonyl (C=O) groups is 1. The molecule has 0 heterocycles. The third-order valence-electron chi connectivity index (χ3n) is 2.22. The minimum absolute atomic E-state index is 0.00663. The Kier molecular flexibility index (Phi) is 5.87. The minimum atomic E-state index is -5.22. The summed E-state index contributed by atoms with van der Waals surface area (Å²) in [6.07, 6.45) is -8.29. The van der Waals surface area contributed by atoms with Gasteiger partial charge in [-0.2, -0.15) is 21.6 Å². The average Bonchev–Trinajstić information content (AvgIpc) is 2.29. The molecule has 0 radical (unpaired) electrons. The molecule has 0 aliphatic heterocycles. The fraction of sp³-hybridized carbons (Fsp3) is 0.300. The van der Waals surface area contributed by atoms with E-state index in [1.54, 1.807) is 0 Å². The fourth-order valence-electron chi connectivity index (χ4n) is 1.30. The standard InChI is InChI=1S/C10H7Br2F3O6S/c11-4-1-5(8(16)6(12)2-4)9(17)21-7(10(13,14)15)3-22(18,19)20/h1-2,7,16H,3H2,(H,18,19,20). The molecule has 0 saturated heterocycles. The molecule has 12 heteroatoms. The molecule has 6 nitrogen and oxygen atoms in total. The van der Waals surface area contributed by atoms with Crippen molar-refractivity contribution in [3.63, 3.8) is 0 Å². The number of hydrogen-bond donors (Lipinski definition) is 2. The van der Waals surface area contributed by atoms with Gasteiger partial charge >= 0.3 is 12.1 Å².